The summed E-state index contributed by atoms with van der Waals surface area (Å²) in [6.07, 6.45) is 3.39. The predicted molar refractivity (Wildman–Crippen MR) is 111 cm³/mol. The molecule has 0 aliphatic heterocycles. The van der Waals surface area contributed by atoms with Crippen LogP contribution in [-0.4, -0.2) is 27.9 Å². The van der Waals surface area contributed by atoms with Gasteiger partial charge in [-0.3, -0.25) is 4.79 Å². The lowest BCUT2D eigenvalue weighted by Crippen LogP contribution is -2.33. The Hall–Kier alpha value is -1.60. The summed E-state index contributed by atoms with van der Waals surface area (Å²) >= 11 is 2.91. The molecular weight excluding hydrogens is 364 g/mol. The summed E-state index contributed by atoms with van der Waals surface area (Å²) in [5.41, 5.74) is 1.20. The summed E-state index contributed by atoms with van der Waals surface area (Å²) in [6.45, 7) is 7.24. The number of hydrogen-bond acceptors (Lipinski definition) is 6. The number of amides is 1. The first-order valence-corrected chi connectivity index (χ1v) is 10.9. The van der Waals surface area contributed by atoms with Crippen molar-refractivity contribution in [2.75, 3.05) is 11.1 Å². The smallest absolute Gasteiger partial charge is 0.230 e. The van der Waals surface area contributed by atoms with E-state index in [9.17, 15) is 4.79 Å². The Morgan fingerprint density at radius 2 is 1.92 bits per heavy atom. The molecule has 1 atom stereocenters. The molecule has 1 aromatic heterocycles. The lowest BCUT2D eigenvalue weighted by molar-refractivity contribution is -0.119. The first-order chi connectivity index (χ1) is 12.5. The predicted octanol–water partition coefficient (Wildman–Crippen LogP) is 4.57. The summed E-state index contributed by atoms with van der Waals surface area (Å²) in [5.74, 6) is 1.15. The van der Waals surface area contributed by atoms with Crippen LogP contribution in [0, 0.1) is 5.92 Å². The summed E-state index contributed by atoms with van der Waals surface area (Å²) in [6, 6.07) is 10.4. The molecule has 2 aromatic rings. The number of carbonyl (C=O) groups is 1. The van der Waals surface area contributed by atoms with Gasteiger partial charge in [-0.2, -0.15) is 0 Å². The van der Waals surface area contributed by atoms with E-state index in [-0.39, 0.29) is 11.9 Å². The molecule has 0 aliphatic carbocycles. The topological polar surface area (TPSA) is 66.9 Å². The SMILES string of the molecule is CC(C)CCCC(C)NC(=O)CSc1nnc(NCc2ccccc2)s1. The van der Waals surface area contributed by atoms with Crippen molar-refractivity contribution >= 4 is 34.1 Å². The van der Waals surface area contributed by atoms with E-state index in [2.05, 4.69) is 53.7 Å². The number of benzene rings is 1. The monoisotopic (exact) mass is 392 g/mol. The van der Waals surface area contributed by atoms with Crippen molar-refractivity contribution in [3.63, 3.8) is 0 Å². The summed E-state index contributed by atoms with van der Waals surface area (Å²) in [7, 11) is 0. The van der Waals surface area contributed by atoms with Crippen LogP contribution in [0.4, 0.5) is 5.13 Å². The highest BCUT2D eigenvalue weighted by Crippen LogP contribution is 2.25. The molecule has 2 rings (SSSR count). The quantitative estimate of drug-likeness (QED) is 0.548. The molecule has 5 nitrogen and oxygen atoms in total. The lowest BCUT2D eigenvalue weighted by Gasteiger charge is -2.14. The maximum absolute atomic E-state index is 12.1. The lowest BCUT2D eigenvalue weighted by atomic mass is 10.0. The van der Waals surface area contributed by atoms with E-state index < -0.39 is 0 Å². The van der Waals surface area contributed by atoms with Crippen LogP contribution in [0.15, 0.2) is 34.7 Å². The number of anilines is 1. The zero-order chi connectivity index (χ0) is 18.8. The molecule has 0 aliphatic rings. The van der Waals surface area contributed by atoms with Crippen LogP contribution in [0.5, 0.6) is 0 Å². The molecule has 0 fully saturated rings. The van der Waals surface area contributed by atoms with Crippen molar-refractivity contribution in [3.05, 3.63) is 35.9 Å². The number of thioether (sulfide) groups is 1. The van der Waals surface area contributed by atoms with E-state index >= 15 is 0 Å². The van der Waals surface area contributed by atoms with Gasteiger partial charge in [0, 0.05) is 12.6 Å². The zero-order valence-corrected chi connectivity index (χ0v) is 17.3. The Balaban J connectivity index is 1.66. The number of rotatable bonds is 11. The third-order valence-electron chi connectivity index (χ3n) is 3.85. The van der Waals surface area contributed by atoms with E-state index in [1.165, 1.54) is 35.1 Å². The fourth-order valence-corrected chi connectivity index (χ4v) is 4.02. The van der Waals surface area contributed by atoms with Gasteiger partial charge in [0.25, 0.3) is 0 Å². The highest BCUT2D eigenvalue weighted by molar-refractivity contribution is 8.01. The van der Waals surface area contributed by atoms with E-state index in [1.807, 2.05) is 18.2 Å². The second-order valence-electron chi connectivity index (χ2n) is 6.79. The molecule has 0 spiro atoms. The van der Waals surface area contributed by atoms with Gasteiger partial charge >= 0.3 is 0 Å². The Labute approximate surface area is 164 Å². The van der Waals surface area contributed by atoms with Gasteiger partial charge < -0.3 is 10.6 Å². The van der Waals surface area contributed by atoms with Gasteiger partial charge in [-0.15, -0.1) is 10.2 Å². The average molecular weight is 393 g/mol. The van der Waals surface area contributed by atoms with Gasteiger partial charge in [0.2, 0.25) is 11.0 Å². The van der Waals surface area contributed by atoms with Crippen LogP contribution >= 0.6 is 23.1 Å². The third kappa shape index (κ3) is 8.19. The van der Waals surface area contributed by atoms with Crippen molar-refractivity contribution in [2.24, 2.45) is 5.92 Å². The fraction of sp³-hybridized carbons (Fsp3) is 0.526. The van der Waals surface area contributed by atoms with Gasteiger partial charge in [-0.25, -0.2) is 0 Å². The number of nitrogens with one attached hydrogen (secondary N) is 2. The second-order valence-corrected chi connectivity index (χ2v) is 8.99. The molecule has 1 heterocycles. The maximum atomic E-state index is 12.1. The largest absolute Gasteiger partial charge is 0.356 e. The number of aromatic nitrogens is 2. The summed E-state index contributed by atoms with van der Waals surface area (Å²) in [4.78, 5) is 12.1. The molecule has 1 unspecified atom stereocenters. The molecule has 142 valence electrons. The van der Waals surface area contributed by atoms with Crippen LogP contribution in [0.3, 0.4) is 0 Å². The van der Waals surface area contributed by atoms with E-state index in [4.69, 9.17) is 0 Å². The minimum absolute atomic E-state index is 0.0565. The van der Waals surface area contributed by atoms with Gasteiger partial charge in [0.05, 0.1) is 5.75 Å². The van der Waals surface area contributed by atoms with Gasteiger partial charge in [-0.1, -0.05) is 80.1 Å². The first kappa shape index (κ1) is 20.7. The van der Waals surface area contributed by atoms with E-state index in [0.717, 1.165) is 28.2 Å². The summed E-state index contributed by atoms with van der Waals surface area (Å²) in [5, 5.41) is 15.4. The van der Waals surface area contributed by atoms with Crippen molar-refractivity contribution in [2.45, 2.75) is 57.0 Å². The Bertz CT molecular complexity index is 661. The van der Waals surface area contributed by atoms with Gasteiger partial charge in [0.1, 0.15) is 0 Å². The maximum Gasteiger partial charge on any atom is 0.230 e. The third-order valence-corrected chi connectivity index (χ3v) is 5.86. The van der Waals surface area contributed by atoms with Crippen LogP contribution in [0.25, 0.3) is 0 Å². The molecule has 0 radical (unpaired) electrons. The Morgan fingerprint density at radius 1 is 1.15 bits per heavy atom. The highest BCUT2D eigenvalue weighted by Gasteiger charge is 2.11. The van der Waals surface area contributed by atoms with Crippen LogP contribution < -0.4 is 10.6 Å². The highest BCUT2D eigenvalue weighted by atomic mass is 32.2. The Kier molecular flexibility index (Phi) is 8.91. The number of hydrogen-bond donors (Lipinski definition) is 2. The molecule has 1 amide bonds. The van der Waals surface area contributed by atoms with Crippen molar-refractivity contribution < 1.29 is 4.79 Å². The molecule has 2 N–H and O–H groups in total. The molecule has 7 heteroatoms. The molecule has 1 aromatic carbocycles. The Morgan fingerprint density at radius 3 is 2.65 bits per heavy atom. The fourth-order valence-electron chi connectivity index (χ4n) is 2.46. The summed E-state index contributed by atoms with van der Waals surface area (Å²) < 4.78 is 0.808. The molecular formula is C19H28N4OS2. The standard InChI is InChI=1S/C19H28N4OS2/c1-14(2)8-7-9-15(3)21-17(24)13-25-19-23-22-18(26-19)20-12-16-10-5-4-6-11-16/h4-6,10-11,14-15H,7-9,12-13H2,1-3H3,(H,20,22)(H,21,24). The van der Waals surface area contributed by atoms with Gasteiger partial charge in [0.15, 0.2) is 4.34 Å². The minimum Gasteiger partial charge on any atom is -0.356 e. The molecule has 0 bridgehead atoms. The van der Waals surface area contributed by atoms with Crippen LogP contribution in [0.2, 0.25) is 0 Å². The number of carbonyl (C=O) groups excluding carboxylic acids is 1. The molecule has 26 heavy (non-hydrogen) atoms. The second kappa shape index (κ2) is 11.2. The molecule has 0 saturated carbocycles. The zero-order valence-electron chi connectivity index (χ0n) is 15.7. The van der Waals surface area contributed by atoms with E-state index in [1.54, 1.807) is 0 Å². The van der Waals surface area contributed by atoms with Gasteiger partial charge in [-0.05, 0) is 24.8 Å². The van der Waals surface area contributed by atoms with Crippen LogP contribution in [-0.2, 0) is 11.3 Å². The van der Waals surface area contributed by atoms with Crippen molar-refractivity contribution in [3.8, 4) is 0 Å². The minimum atomic E-state index is 0.0565. The first-order valence-electron chi connectivity index (χ1n) is 9.06. The van der Waals surface area contributed by atoms with E-state index in [0.29, 0.717) is 12.3 Å². The normalized spacial score (nSPS) is 12.2. The van der Waals surface area contributed by atoms with Crippen molar-refractivity contribution in [1.29, 1.82) is 0 Å². The van der Waals surface area contributed by atoms with Crippen LogP contribution in [0.1, 0.15) is 45.6 Å². The van der Waals surface area contributed by atoms with Crippen molar-refractivity contribution in [1.82, 2.24) is 15.5 Å². The number of nitrogens with zero attached hydrogens (tertiary/aromatic N) is 2. The molecule has 0 saturated heterocycles. The average Bonchev–Trinajstić information content (AvgIpc) is 3.07.